The van der Waals surface area contributed by atoms with E-state index in [1.54, 1.807) is 35.2 Å². The smallest absolute Gasteiger partial charge is 0.261 e. The second kappa shape index (κ2) is 13.9. The number of hydrogen-bond donors (Lipinski definition) is 1. The average molecular weight is 576 g/mol. The molecule has 3 rings (SSSR count). The molecule has 0 aromatic heterocycles. The van der Waals surface area contributed by atoms with E-state index >= 15 is 0 Å². The standard InChI is InChI=1S/C30H33Cl3N2O3/c1-19(2)16-34-30(37)27(15-22-8-6-5-7-9-22)35(17-23-10-11-25(31)26(32)14-23)28(36)18-38-24-12-20(3)29(33)21(4)13-24/h5-14,19,27H,15-18H2,1-4H3,(H,34,37)/t27-/m0/s1. The van der Waals surface area contributed by atoms with Gasteiger partial charge in [-0.15, -0.1) is 0 Å². The molecular formula is C30H33Cl3N2O3. The van der Waals surface area contributed by atoms with Gasteiger partial charge in [-0.05, 0) is 66.3 Å². The van der Waals surface area contributed by atoms with Gasteiger partial charge in [-0.1, -0.05) is 85.0 Å². The summed E-state index contributed by atoms with van der Waals surface area (Å²) in [6.45, 7) is 8.23. The molecule has 0 radical (unpaired) electrons. The Hall–Kier alpha value is -2.73. The third kappa shape index (κ3) is 8.39. The van der Waals surface area contributed by atoms with Crippen molar-refractivity contribution < 1.29 is 14.3 Å². The summed E-state index contributed by atoms with van der Waals surface area (Å²) >= 11 is 18.7. The lowest BCUT2D eigenvalue weighted by Gasteiger charge is -2.32. The number of nitrogens with one attached hydrogen (secondary N) is 1. The zero-order valence-electron chi connectivity index (χ0n) is 22.1. The molecule has 38 heavy (non-hydrogen) atoms. The molecule has 1 N–H and O–H groups in total. The maximum Gasteiger partial charge on any atom is 0.261 e. The van der Waals surface area contributed by atoms with Gasteiger partial charge >= 0.3 is 0 Å². The highest BCUT2D eigenvalue weighted by Crippen LogP contribution is 2.27. The Kier molecular flexibility index (Phi) is 10.9. The molecule has 0 aliphatic carbocycles. The first kappa shape index (κ1) is 29.8. The van der Waals surface area contributed by atoms with Gasteiger partial charge < -0.3 is 15.0 Å². The Labute approximate surface area is 240 Å². The molecule has 0 fully saturated rings. The van der Waals surface area contributed by atoms with E-state index < -0.39 is 6.04 Å². The van der Waals surface area contributed by atoms with Crippen molar-refractivity contribution in [2.75, 3.05) is 13.2 Å². The fourth-order valence-corrected chi connectivity index (χ4v) is 4.46. The highest BCUT2D eigenvalue weighted by Gasteiger charge is 2.31. The second-order valence-electron chi connectivity index (χ2n) is 9.77. The summed E-state index contributed by atoms with van der Waals surface area (Å²) in [6, 6.07) is 17.6. The molecule has 0 saturated carbocycles. The number of rotatable bonds is 11. The van der Waals surface area contributed by atoms with Crippen LogP contribution in [0.2, 0.25) is 15.1 Å². The van der Waals surface area contributed by atoms with Gasteiger partial charge in [0.05, 0.1) is 10.0 Å². The van der Waals surface area contributed by atoms with Crippen LogP contribution >= 0.6 is 34.8 Å². The van der Waals surface area contributed by atoms with E-state index in [2.05, 4.69) is 5.32 Å². The van der Waals surface area contributed by atoms with Crippen LogP contribution in [0, 0.1) is 19.8 Å². The van der Waals surface area contributed by atoms with Crippen LogP contribution in [0.1, 0.15) is 36.1 Å². The number of benzene rings is 3. The molecule has 0 heterocycles. The van der Waals surface area contributed by atoms with E-state index in [1.807, 2.05) is 58.0 Å². The largest absolute Gasteiger partial charge is 0.484 e. The maximum atomic E-state index is 13.7. The van der Waals surface area contributed by atoms with Crippen LogP contribution in [-0.2, 0) is 22.6 Å². The lowest BCUT2D eigenvalue weighted by molar-refractivity contribution is -0.142. The monoisotopic (exact) mass is 574 g/mol. The van der Waals surface area contributed by atoms with Crippen molar-refractivity contribution in [3.05, 3.63) is 98.0 Å². The average Bonchev–Trinajstić information content (AvgIpc) is 2.89. The highest BCUT2D eigenvalue weighted by atomic mass is 35.5. The number of aryl methyl sites for hydroxylation is 2. The molecule has 1 atom stereocenters. The normalized spacial score (nSPS) is 11.8. The summed E-state index contributed by atoms with van der Waals surface area (Å²) in [5.74, 6) is 0.238. The van der Waals surface area contributed by atoms with E-state index in [-0.39, 0.29) is 30.9 Å². The van der Waals surface area contributed by atoms with Crippen molar-refractivity contribution in [3.8, 4) is 5.75 Å². The molecule has 5 nitrogen and oxygen atoms in total. The molecule has 3 aromatic rings. The number of amides is 2. The minimum absolute atomic E-state index is 0.157. The van der Waals surface area contributed by atoms with Gasteiger partial charge in [0.15, 0.2) is 6.61 Å². The van der Waals surface area contributed by atoms with E-state index in [1.165, 1.54) is 0 Å². The Morgan fingerprint density at radius 1 is 0.895 bits per heavy atom. The Morgan fingerprint density at radius 2 is 1.55 bits per heavy atom. The fraction of sp³-hybridized carbons (Fsp3) is 0.333. The van der Waals surface area contributed by atoms with Crippen LogP contribution in [0.25, 0.3) is 0 Å². The predicted molar refractivity (Wildman–Crippen MR) is 155 cm³/mol. The van der Waals surface area contributed by atoms with Gasteiger partial charge in [-0.25, -0.2) is 0 Å². The van der Waals surface area contributed by atoms with E-state index in [9.17, 15) is 9.59 Å². The molecule has 0 saturated heterocycles. The van der Waals surface area contributed by atoms with Gasteiger partial charge in [0.1, 0.15) is 11.8 Å². The number of carbonyl (C=O) groups excluding carboxylic acids is 2. The molecule has 202 valence electrons. The molecular weight excluding hydrogens is 543 g/mol. The van der Waals surface area contributed by atoms with Crippen molar-refractivity contribution in [1.29, 1.82) is 0 Å². The molecule has 0 aliphatic rings. The molecule has 2 amide bonds. The first-order valence-corrected chi connectivity index (χ1v) is 13.6. The topological polar surface area (TPSA) is 58.6 Å². The minimum atomic E-state index is -0.768. The van der Waals surface area contributed by atoms with E-state index in [0.29, 0.717) is 33.8 Å². The predicted octanol–water partition coefficient (Wildman–Crippen LogP) is 7.05. The summed E-state index contributed by atoms with van der Waals surface area (Å²) in [5.41, 5.74) is 3.41. The number of carbonyl (C=O) groups is 2. The van der Waals surface area contributed by atoms with Crippen molar-refractivity contribution in [1.82, 2.24) is 10.2 Å². The van der Waals surface area contributed by atoms with Crippen molar-refractivity contribution in [2.45, 2.75) is 46.7 Å². The van der Waals surface area contributed by atoms with Gasteiger partial charge in [-0.2, -0.15) is 0 Å². The SMILES string of the molecule is Cc1cc(OCC(=O)N(Cc2ccc(Cl)c(Cl)c2)[C@@H](Cc2ccccc2)C(=O)NCC(C)C)cc(C)c1Cl. The summed E-state index contributed by atoms with van der Waals surface area (Å²) in [6.07, 6.45) is 0.344. The summed E-state index contributed by atoms with van der Waals surface area (Å²) in [5, 5.41) is 4.46. The van der Waals surface area contributed by atoms with Crippen molar-refractivity contribution in [2.24, 2.45) is 5.92 Å². The number of ether oxygens (including phenoxy) is 1. The first-order valence-electron chi connectivity index (χ1n) is 12.5. The van der Waals surface area contributed by atoms with E-state index in [0.717, 1.165) is 22.3 Å². The first-order chi connectivity index (χ1) is 18.0. The Balaban J connectivity index is 1.94. The van der Waals surface area contributed by atoms with Gasteiger partial charge in [0.2, 0.25) is 5.91 Å². The minimum Gasteiger partial charge on any atom is -0.484 e. The third-order valence-electron chi connectivity index (χ3n) is 6.06. The van der Waals surface area contributed by atoms with Crippen LogP contribution in [-0.4, -0.2) is 35.9 Å². The maximum absolute atomic E-state index is 13.7. The molecule has 0 spiro atoms. The number of halogens is 3. The quantitative estimate of drug-likeness (QED) is 0.266. The van der Waals surface area contributed by atoms with Gasteiger partial charge in [-0.3, -0.25) is 9.59 Å². The van der Waals surface area contributed by atoms with Crippen LogP contribution in [0.4, 0.5) is 0 Å². The number of nitrogens with zero attached hydrogens (tertiary/aromatic N) is 1. The molecule has 8 heteroatoms. The second-order valence-corrected chi connectivity index (χ2v) is 11.0. The van der Waals surface area contributed by atoms with Crippen LogP contribution in [0.5, 0.6) is 5.75 Å². The lowest BCUT2D eigenvalue weighted by Crippen LogP contribution is -2.52. The molecule has 0 unspecified atom stereocenters. The third-order valence-corrected chi connectivity index (χ3v) is 7.40. The Morgan fingerprint density at radius 3 is 2.16 bits per heavy atom. The van der Waals surface area contributed by atoms with Crippen LogP contribution in [0.3, 0.4) is 0 Å². The lowest BCUT2D eigenvalue weighted by atomic mass is 10.0. The van der Waals surface area contributed by atoms with Crippen molar-refractivity contribution >= 4 is 46.6 Å². The van der Waals surface area contributed by atoms with Crippen LogP contribution in [0.15, 0.2) is 60.7 Å². The van der Waals surface area contributed by atoms with E-state index in [4.69, 9.17) is 39.5 Å². The molecule has 3 aromatic carbocycles. The molecule has 0 bridgehead atoms. The van der Waals surface area contributed by atoms with Gasteiger partial charge in [0.25, 0.3) is 5.91 Å². The fourth-order valence-electron chi connectivity index (χ4n) is 4.03. The summed E-state index contributed by atoms with van der Waals surface area (Å²) in [4.78, 5) is 28.8. The number of hydrogen-bond acceptors (Lipinski definition) is 3. The van der Waals surface area contributed by atoms with Crippen molar-refractivity contribution in [3.63, 3.8) is 0 Å². The zero-order chi connectivity index (χ0) is 27.8. The highest BCUT2D eigenvalue weighted by molar-refractivity contribution is 6.42. The van der Waals surface area contributed by atoms with Gasteiger partial charge in [0, 0.05) is 24.5 Å². The Bertz CT molecular complexity index is 1240. The zero-order valence-corrected chi connectivity index (χ0v) is 24.3. The molecule has 0 aliphatic heterocycles. The summed E-state index contributed by atoms with van der Waals surface area (Å²) in [7, 11) is 0. The summed E-state index contributed by atoms with van der Waals surface area (Å²) < 4.78 is 5.90. The van der Waals surface area contributed by atoms with Crippen LogP contribution < -0.4 is 10.1 Å².